The molecule has 0 amide bonds. The zero-order valence-electron chi connectivity index (χ0n) is 37.5. The van der Waals surface area contributed by atoms with Crippen LogP contribution in [0.3, 0.4) is 0 Å². The number of aldehydes is 1. The van der Waals surface area contributed by atoms with Crippen LogP contribution in [0.2, 0.25) is 0 Å². The predicted octanol–water partition coefficient (Wildman–Crippen LogP) is 13.2. The number of ether oxygens (including phenoxy) is 2. The lowest BCUT2D eigenvalue weighted by Crippen LogP contribution is -2.39. The molecule has 326 valence electrons. The van der Waals surface area contributed by atoms with Gasteiger partial charge in [0.15, 0.2) is 0 Å². The lowest BCUT2D eigenvalue weighted by molar-refractivity contribution is -0.150. The molecule has 0 aromatic rings. The number of carbonyl (C=O) groups excluding carboxylic acids is 3. The summed E-state index contributed by atoms with van der Waals surface area (Å²) in [5.74, 6) is -0.0287. The molecule has 0 saturated carbocycles. The van der Waals surface area contributed by atoms with Gasteiger partial charge < -0.3 is 19.2 Å². The fraction of sp³-hybridized carbons (Fsp3) is 0.938. The van der Waals surface area contributed by atoms with Gasteiger partial charge in [0.2, 0.25) is 0 Å². The Morgan fingerprint density at radius 1 is 0.491 bits per heavy atom. The second-order valence-electron chi connectivity index (χ2n) is 16.9. The molecule has 1 atom stereocenters. The normalized spacial score (nSPS) is 12.2. The van der Waals surface area contributed by atoms with Crippen LogP contribution in [0.15, 0.2) is 0 Å². The van der Waals surface area contributed by atoms with Crippen LogP contribution in [0.4, 0.5) is 0 Å². The summed E-state index contributed by atoms with van der Waals surface area (Å²) in [6, 6.07) is 0.496. The highest BCUT2D eigenvalue weighted by Crippen LogP contribution is 2.21. The first-order valence-corrected chi connectivity index (χ1v) is 24.0. The topological polar surface area (TPSA) is 76.2 Å². The van der Waals surface area contributed by atoms with E-state index in [2.05, 4.69) is 44.7 Å². The number of hydrogen-bond donors (Lipinski definition) is 0. The summed E-state index contributed by atoms with van der Waals surface area (Å²) in [6.07, 6.45) is 39.4. The number of unbranched alkanes of at least 4 members (excludes halogenated alkanes) is 22. The van der Waals surface area contributed by atoms with Crippen molar-refractivity contribution in [3.05, 3.63) is 0 Å². The van der Waals surface area contributed by atoms with Gasteiger partial charge in [-0.15, -0.1) is 0 Å². The first kappa shape index (κ1) is 53.5. The summed E-state index contributed by atoms with van der Waals surface area (Å²) >= 11 is 0. The molecule has 0 radical (unpaired) electrons. The zero-order valence-corrected chi connectivity index (χ0v) is 37.5. The Bertz CT molecular complexity index is 825. The van der Waals surface area contributed by atoms with Gasteiger partial charge >= 0.3 is 11.9 Å². The molecule has 0 aliphatic heterocycles. The highest BCUT2D eigenvalue weighted by atomic mass is 16.5. The second kappa shape index (κ2) is 42.1. The van der Waals surface area contributed by atoms with E-state index < -0.39 is 0 Å². The Morgan fingerprint density at radius 3 is 1.51 bits per heavy atom. The molecule has 0 aliphatic carbocycles. The summed E-state index contributed by atoms with van der Waals surface area (Å²) in [6.45, 7) is 10.1. The number of carbonyl (C=O) groups is 3. The van der Waals surface area contributed by atoms with Crippen molar-refractivity contribution in [2.24, 2.45) is 0 Å². The van der Waals surface area contributed by atoms with Gasteiger partial charge in [0.1, 0.15) is 12.4 Å². The quantitative estimate of drug-likeness (QED) is 0.0346. The molecule has 7 heteroatoms. The third-order valence-electron chi connectivity index (χ3n) is 11.3. The molecular formula is C48H94N2O5. The highest BCUT2D eigenvalue weighted by molar-refractivity contribution is 5.69. The van der Waals surface area contributed by atoms with Crippen molar-refractivity contribution < 1.29 is 23.9 Å². The van der Waals surface area contributed by atoms with E-state index in [4.69, 9.17) is 9.47 Å². The fourth-order valence-corrected chi connectivity index (χ4v) is 7.73. The fourth-order valence-electron chi connectivity index (χ4n) is 7.73. The number of esters is 2. The molecule has 0 heterocycles. The molecule has 0 fully saturated rings. The van der Waals surface area contributed by atoms with E-state index in [0.717, 1.165) is 83.7 Å². The van der Waals surface area contributed by atoms with Crippen molar-refractivity contribution in [2.75, 3.05) is 40.3 Å². The van der Waals surface area contributed by atoms with Gasteiger partial charge in [0.25, 0.3) is 0 Å². The van der Waals surface area contributed by atoms with Crippen molar-refractivity contribution in [3.63, 3.8) is 0 Å². The maximum Gasteiger partial charge on any atom is 0.307 e. The maximum atomic E-state index is 12.8. The molecule has 0 bridgehead atoms. The minimum absolute atomic E-state index is 0.0143. The Morgan fingerprint density at radius 2 is 0.964 bits per heavy atom. The Kier molecular flexibility index (Phi) is 41.0. The highest BCUT2D eigenvalue weighted by Gasteiger charge is 2.20. The van der Waals surface area contributed by atoms with Crippen LogP contribution in [0.25, 0.3) is 0 Å². The molecule has 0 spiro atoms. The average Bonchev–Trinajstić information content (AvgIpc) is 3.17. The van der Waals surface area contributed by atoms with E-state index in [1.165, 1.54) is 141 Å². The van der Waals surface area contributed by atoms with Crippen LogP contribution in [0, 0.1) is 0 Å². The Hall–Kier alpha value is -1.47. The number of rotatable bonds is 44. The minimum Gasteiger partial charge on any atom is -0.466 e. The van der Waals surface area contributed by atoms with Gasteiger partial charge in [0, 0.05) is 25.4 Å². The van der Waals surface area contributed by atoms with Gasteiger partial charge in [-0.25, -0.2) is 0 Å². The van der Waals surface area contributed by atoms with Crippen LogP contribution in [-0.2, 0) is 23.9 Å². The summed E-state index contributed by atoms with van der Waals surface area (Å²) < 4.78 is 11.7. The summed E-state index contributed by atoms with van der Waals surface area (Å²) in [7, 11) is 4.28. The molecular weight excluding hydrogens is 685 g/mol. The Labute approximate surface area is 342 Å². The molecule has 0 aromatic carbocycles. The van der Waals surface area contributed by atoms with Gasteiger partial charge in [-0.3, -0.25) is 14.5 Å². The minimum atomic E-state index is -0.0430. The second-order valence-corrected chi connectivity index (χ2v) is 16.9. The van der Waals surface area contributed by atoms with Crippen molar-refractivity contribution in [1.82, 2.24) is 9.80 Å². The lowest BCUT2D eigenvalue weighted by Gasteiger charge is -2.32. The molecule has 0 aliphatic rings. The first-order chi connectivity index (χ1) is 26.9. The maximum absolute atomic E-state index is 12.8. The van der Waals surface area contributed by atoms with Crippen LogP contribution in [0.5, 0.6) is 0 Å². The number of nitrogens with zero attached hydrogens (tertiary/aromatic N) is 2. The van der Waals surface area contributed by atoms with Crippen molar-refractivity contribution in [1.29, 1.82) is 0 Å². The Balaban J connectivity index is 4.89. The summed E-state index contributed by atoms with van der Waals surface area (Å²) in [4.78, 5) is 41.1. The monoisotopic (exact) mass is 779 g/mol. The van der Waals surface area contributed by atoms with Crippen LogP contribution in [-0.4, -0.2) is 80.5 Å². The average molecular weight is 779 g/mol. The van der Waals surface area contributed by atoms with Gasteiger partial charge in [-0.05, 0) is 91.4 Å². The smallest absolute Gasteiger partial charge is 0.307 e. The molecule has 0 rings (SSSR count). The summed E-state index contributed by atoms with van der Waals surface area (Å²) in [5.41, 5.74) is 0. The first-order valence-electron chi connectivity index (χ1n) is 24.0. The van der Waals surface area contributed by atoms with Crippen LogP contribution >= 0.6 is 0 Å². The number of hydrogen-bond acceptors (Lipinski definition) is 7. The van der Waals surface area contributed by atoms with E-state index in [9.17, 15) is 14.4 Å². The van der Waals surface area contributed by atoms with Gasteiger partial charge in [-0.1, -0.05) is 156 Å². The van der Waals surface area contributed by atoms with E-state index >= 15 is 0 Å². The third-order valence-corrected chi connectivity index (χ3v) is 11.3. The van der Waals surface area contributed by atoms with E-state index in [1.54, 1.807) is 0 Å². The third kappa shape index (κ3) is 37.8. The molecule has 0 N–H and O–H groups in total. The SMILES string of the molecule is CCCCCCCCOC(=O)CCN(CCCN(C)C)C(CCCCCCCCC=O)CCCCCCCCC(=O)OC(CCCCCC)CCCCCC. The molecule has 7 nitrogen and oxygen atoms in total. The van der Waals surface area contributed by atoms with Crippen LogP contribution < -0.4 is 0 Å². The molecule has 55 heavy (non-hydrogen) atoms. The van der Waals surface area contributed by atoms with Gasteiger partial charge in [0.05, 0.1) is 13.0 Å². The van der Waals surface area contributed by atoms with Crippen LogP contribution in [0.1, 0.15) is 239 Å². The van der Waals surface area contributed by atoms with E-state index in [-0.39, 0.29) is 18.0 Å². The van der Waals surface area contributed by atoms with Gasteiger partial charge in [-0.2, -0.15) is 0 Å². The molecule has 0 aromatic heterocycles. The molecule has 0 saturated heterocycles. The predicted molar refractivity (Wildman–Crippen MR) is 235 cm³/mol. The van der Waals surface area contributed by atoms with Crippen molar-refractivity contribution in [3.8, 4) is 0 Å². The summed E-state index contributed by atoms with van der Waals surface area (Å²) in [5, 5.41) is 0. The van der Waals surface area contributed by atoms with E-state index in [1.807, 2.05) is 0 Å². The van der Waals surface area contributed by atoms with Crippen molar-refractivity contribution >= 4 is 18.2 Å². The largest absolute Gasteiger partial charge is 0.466 e. The zero-order chi connectivity index (χ0) is 40.5. The standard InChI is InChI=1S/C48H94N2O5/c1-6-9-12-15-25-32-44-54-47(52)39-42-50(41-33-40-49(4)5)45(34-26-21-17-16-20-24-31-43-51)35-27-22-18-19-23-30-38-48(53)55-46(36-28-13-10-7-2)37-29-14-11-8-3/h43,45-46H,6-42,44H2,1-5H3. The molecule has 1 unspecified atom stereocenters. The lowest BCUT2D eigenvalue weighted by atomic mass is 9.98. The van der Waals surface area contributed by atoms with E-state index in [0.29, 0.717) is 31.9 Å². The van der Waals surface area contributed by atoms with Crippen molar-refractivity contribution in [2.45, 2.75) is 251 Å².